The Labute approximate surface area is 264 Å². The molecule has 3 aromatic rings. The molecule has 0 atom stereocenters. The molecule has 1 heterocycles. The number of anilines is 1. The Balaban J connectivity index is 1.50. The van der Waals surface area contributed by atoms with Crippen molar-refractivity contribution in [2.24, 2.45) is 0 Å². The second-order valence-electron chi connectivity index (χ2n) is 8.56. The summed E-state index contributed by atoms with van der Waals surface area (Å²) in [5.41, 5.74) is 2.71. The maximum absolute atomic E-state index is 13.0. The third-order valence-corrected chi connectivity index (χ3v) is 8.20. The summed E-state index contributed by atoms with van der Waals surface area (Å²) in [7, 11) is 0. The van der Waals surface area contributed by atoms with Crippen molar-refractivity contribution in [2.75, 3.05) is 18.5 Å². The van der Waals surface area contributed by atoms with Gasteiger partial charge in [0, 0.05) is 26.3 Å². The van der Waals surface area contributed by atoms with Gasteiger partial charge >= 0.3 is 0 Å². The van der Waals surface area contributed by atoms with Gasteiger partial charge in [0.05, 0.1) is 15.1 Å². The van der Waals surface area contributed by atoms with Gasteiger partial charge in [-0.25, -0.2) is 0 Å². The molecule has 0 bridgehead atoms. The lowest BCUT2D eigenvalue weighted by Crippen LogP contribution is -2.36. The lowest BCUT2D eigenvalue weighted by Gasteiger charge is -2.15. The normalized spacial score (nSPS) is 14.2. The number of benzene rings is 3. The van der Waals surface area contributed by atoms with E-state index in [1.165, 1.54) is 0 Å². The number of hydrogen-bond donors (Lipinski definition) is 1. The number of nitrogens with zero attached hydrogens (tertiary/aromatic N) is 1. The number of amides is 3. The van der Waals surface area contributed by atoms with E-state index < -0.39 is 23.6 Å². The molecule has 0 radical (unpaired) electrons. The fourth-order valence-electron chi connectivity index (χ4n) is 3.71. The van der Waals surface area contributed by atoms with Gasteiger partial charge in [-0.2, -0.15) is 0 Å². The molecule has 1 aliphatic heterocycles. The van der Waals surface area contributed by atoms with Crippen LogP contribution in [-0.2, 0) is 16.2 Å². The molecule has 7 nitrogen and oxygen atoms in total. The predicted molar refractivity (Wildman–Crippen MR) is 169 cm³/mol. The number of halogens is 4. The zero-order chi connectivity index (χ0) is 29.0. The van der Waals surface area contributed by atoms with Crippen molar-refractivity contribution >= 4 is 98.0 Å². The smallest absolute Gasteiger partial charge is 0.294 e. The number of ether oxygens (including phenoxy) is 2. The van der Waals surface area contributed by atoms with Gasteiger partial charge in [-0.3, -0.25) is 19.3 Å². The van der Waals surface area contributed by atoms with Crippen molar-refractivity contribution < 1.29 is 23.9 Å². The minimum atomic E-state index is -0.557. The van der Waals surface area contributed by atoms with Crippen molar-refractivity contribution in [2.45, 2.75) is 20.5 Å². The topological polar surface area (TPSA) is 84.9 Å². The van der Waals surface area contributed by atoms with E-state index in [2.05, 4.69) is 27.9 Å². The van der Waals surface area contributed by atoms with Crippen LogP contribution in [0.25, 0.3) is 6.08 Å². The largest absolute Gasteiger partial charge is 0.490 e. The molecule has 4 rings (SSSR count). The number of nitrogens with one attached hydrogen (secondary N) is 1. The van der Waals surface area contributed by atoms with Gasteiger partial charge in [-0.15, -0.1) is 0 Å². The van der Waals surface area contributed by atoms with E-state index in [9.17, 15) is 14.4 Å². The van der Waals surface area contributed by atoms with Crippen LogP contribution in [0.2, 0.25) is 15.1 Å². The molecule has 208 valence electrons. The van der Waals surface area contributed by atoms with Crippen LogP contribution in [0.15, 0.2) is 53.4 Å². The number of hydrogen-bond acceptors (Lipinski definition) is 6. The molecule has 1 N–H and O–H groups in total. The summed E-state index contributed by atoms with van der Waals surface area (Å²) >= 11 is 21.2. The van der Waals surface area contributed by atoms with Crippen molar-refractivity contribution in [1.82, 2.24) is 4.90 Å². The molecule has 1 saturated heterocycles. The molecule has 12 heteroatoms. The van der Waals surface area contributed by atoms with Crippen LogP contribution in [-0.4, -0.2) is 35.1 Å². The van der Waals surface area contributed by atoms with Crippen LogP contribution in [0.5, 0.6) is 11.5 Å². The molecule has 1 aliphatic rings. The van der Waals surface area contributed by atoms with Crippen molar-refractivity contribution in [3.8, 4) is 11.5 Å². The first-order chi connectivity index (χ1) is 19.0. The zero-order valence-electron chi connectivity index (χ0n) is 21.2. The number of aryl methyl sites for hydroxylation is 1. The Bertz CT molecular complexity index is 1530. The van der Waals surface area contributed by atoms with Gasteiger partial charge in [-0.1, -0.05) is 46.9 Å². The van der Waals surface area contributed by atoms with Crippen LogP contribution < -0.4 is 14.8 Å². The summed E-state index contributed by atoms with van der Waals surface area (Å²) in [6.45, 7) is 3.82. The Kier molecular flexibility index (Phi) is 10.3. The molecule has 3 aromatic carbocycles. The monoisotopic (exact) mass is 730 g/mol. The summed E-state index contributed by atoms with van der Waals surface area (Å²) < 4.78 is 12.6. The SMILES string of the molecule is CCOc1cc(/C=C2/SC(=O)N(CC(=O)Nc3cc(Cl)ccc3C)C2=O)cc(I)c1OCc1ccc(Cl)cc1Cl. The van der Waals surface area contributed by atoms with Crippen molar-refractivity contribution in [3.05, 3.63) is 88.8 Å². The second-order valence-corrected chi connectivity index (χ2v) is 12.0. The van der Waals surface area contributed by atoms with E-state index in [1.807, 2.05) is 19.9 Å². The predicted octanol–water partition coefficient (Wildman–Crippen LogP) is 8.21. The Hall–Kier alpha value is -2.44. The molecule has 3 amide bonds. The van der Waals surface area contributed by atoms with Gasteiger partial charge in [0.1, 0.15) is 13.2 Å². The van der Waals surface area contributed by atoms with E-state index in [1.54, 1.807) is 48.5 Å². The summed E-state index contributed by atoms with van der Waals surface area (Å²) in [6, 6.07) is 13.8. The molecule has 0 unspecified atom stereocenters. The first-order valence-electron chi connectivity index (χ1n) is 11.9. The van der Waals surface area contributed by atoms with E-state index in [0.717, 1.165) is 31.4 Å². The number of carbonyl (C=O) groups is 3. The minimum absolute atomic E-state index is 0.191. The molecule has 0 aromatic heterocycles. The summed E-state index contributed by atoms with van der Waals surface area (Å²) in [5.74, 6) is -0.0732. The van der Waals surface area contributed by atoms with Gasteiger partial charge in [-0.05, 0) is 102 Å². The first kappa shape index (κ1) is 30.5. The third kappa shape index (κ3) is 7.44. The maximum Gasteiger partial charge on any atom is 0.294 e. The van der Waals surface area contributed by atoms with E-state index in [0.29, 0.717) is 44.4 Å². The highest BCUT2D eigenvalue weighted by atomic mass is 127. The van der Waals surface area contributed by atoms with Crippen molar-refractivity contribution in [3.63, 3.8) is 0 Å². The molecule has 40 heavy (non-hydrogen) atoms. The lowest BCUT2D eigenvalue weighted by molar-refractivity contribution is -0.127. The van der Waals surface area contributed by atoms with Gasteiger partial charge < -0.3 is 14.8 Å². The highest BCUT2D eigenvalue weighted by molar-refractivity contribution is 14.1. The first-order valence-corrected chi connectivity index (χ1v) is 14.9. The Morgan fingerprint density at radius 3 is 2.50 bits per heavy atom. The highest BCUT2D eigenvalue weighted by Crippen LogP contribution is 2.38. The maximum atomic E-state index is 13.0. The van der Waals surface area contributed by atoms with Crippen LogP contribution in [0.1, 0.15) is 23.6 Å². The second kappa shape index (κ2) is 13.5. The molecular formula is C28H22Cl3IN2O5S. The number of rotatable bonds is 9. The fraction of sp³-hybridized carbons (Fsp3) is 0.179. The van der Waals surface area contributed by atoms with Crippen LogP contribution in [0.4, 0.5) is 10.5 Å². The van der Waals surface area contributed by atoms with E-state index in [-0.39, 0.29) is 11.5 Å². The molecule has 1 fully saturated rings. The molecular weight excluding hydrogens is 710 g/mol. The molecule has 0 aliphatic carbocycles. The summed E-state index contributed by atoms with van der Waals surface area (Å²) in [4.78, 5) is 39.4. The molecule has 0 saturated carbocycles. The Morgan fingerprint density at radius 2 is 1.77 bits per heavy atom. The van der Waals surface area contributed by atoms with Crippen molar-refractivity contribution in [1.29, 1.82) is 0 Å². The van der Waals surface area contributed by atoms with Gasteiger partial charge in [0.25, 0.3) is 11.1 Å². The van der Waals surface area contributed by atoms with Crippen LogP contribution in [0.3, 0.4) is 0 Å². The van der Waals surface area contributed by atoms with E-state index in [4.69, 9.17) is 44.3 Å². The Morgan fingerprint density at radius 1 is 1.05 bits per heavy atom. The van der Waals surface area contributed by atoms with Gasteiger partial charge in [0.2, 0.25) is 5.91 Å². The number of carbonyl (C=O) groups excluding carboxylic acids is 3. The van der Waals surface area contributed by atoms with Gasteiger partial charge in [0.15, 0.2) is 11.5 Å². The average Bonchev–Trinajstić information content (AvgIpc) is 3.14. The zero-order valence-corrected chi connectivity index (χ0v) is 26.5. The highest BCUT2D eigenvalue weighted by Gasteiger charge is 2.36. The van der Waals surface area contributed by atoms with E-state index >= 15 is 0 Å². The van der Waals surface area contributed by atoms with Crippen LogP contribution in [0, 0.1) is 10.5 Å². The summed E-state index contributed by atoms with van der Waals surface area (Å²) in [5, 5.41) is 3.65. The third-order valence-electron chi connectivity index (χ3n) is 5.67. The lowest BCUT2D eigenvalue weighted by atomic mass is 10.1. The fourth-order valence-corrected chi connectivity index (χ4v) is 5.97. The number of imide groups is 1. The molecule has 0 spiro atoms. The summed E-state index contributed by atoms with van der Waals surface area (Å²) in [6.07, 6.45) is 1.59. The number of thioether (sulfide) groups is 1. The minimum Gasteiger partial charge on any atom is -0.490 e. The standard InChI is InChI=1S/C28H22Cl3IN2O5S/c1-3-38-23-9-16(8-21(32)26(23)39-14-17-5-7-18(29)11-20(17)31)10-24-27(36)34(28(37)40-24)13-25(35)33-22-12-19(30)6-4-15(22)2/h4-12H,3,13-14H2,1-2H3,(H,33,35)/b24-10+. The van der Waals surface area contributed by atoms with Crippen LogP contribution >= 0.6 is 69.2 Å². The average molecular weight is 732 g/mol. The quantitative estimate of drug-likeness (QED) is 0.177.